The molecular weight excluding hydrogens is 346 g/mol. The summed E-state index contributed by atoms with van der Waals surface area (Å²) in [6.45, 7) is 2.47. The normalized spacial score (nSPS) is 10.6. The van der Waals surface area contributed by atoms with Crippen molar-refractivity contribution in [1.82, 2.24) is 4.98 Å². The number of nitrogen functional groups attached to an aromatic ring is 1. The van der Waals surface area contributed by atoms with Crippen LogP contribution in [0.25, 0.3) is 33.0 Å². The fourth-order valence-electron chi connectivity index (χ4n) is 3.52. The van der Waals surface area contributed by atoms with E-state index in [0.29, 0.717) is 12.2 Å². The third kappa shape index (κ3) is 2.93. The average Bonchev–Trinajstić information content (AvgIpc) is 2.74. The fraction of sp³-hybridized carbons (Fsp3) is 0.0833. The molecule has 0 saturated heterocycles. The standard InChI is InChI=1S/C24H19N3O/c1-2-28-21-13-12-17-10-6-7-11-18(17)23(21)22-19(14-25)24(26)27-15-20(22)16-8-4-3-5-9-16/h3-13,15H,2H2,1H3,(H2,26,27). The molecule has 4 nitrogen and oxygen atoms in total. The van der Waals surface area contributed by atoms with E-state index < -0.39 is 0 Å². The maximum Gasteiger partial charge on any atom is 0.141 e. The number of rotatable bonds is 4. The number of pyridine rings is 1. The lowest BCUT2D eigenvalue weighted by molar-refractivity contribution is 0.342. The molecule has 0 amide bonds. The molecule has 0 aliphatic rings. The molecule has 0 fully saturated rings. The Hall–Kier alpha value is -3.84. The first-order valence-corrected chi connectivity index (χ1v) is 9.13. The Kier molecular flexibility index (Phi) is 4.65. The minimum atomic E-state index is 0.215. The van der Waals surface area contributed by atoms with Gasteiger partial charge in [0.15, 0.2) is 0 Å². The summed E-state index contributed by atoms with van der Waals surface area (Å²) in [6, 6.07) is 24.2. The van der Waals surface area contributed by atoms with Gasteiger partial charge in [0.05, 0.1) is 6.61 Å². The molecule has 0 aliphatic carbocycles. The van der Waals surface area contributed by atoms with Crippen molar-refractivity contribution in [3.05, 3.63) is 78.5 Å². The van der Waals surface area contributed by atoms with Crippen molar-refractivity contribution in [2.24, 2.45) is 0 Å². The van der Waals surface area contributed by atoms with E-state index in [-0.39, 0.29) is 5.82 Å². The summed E-state index contributed by atoms with van der Waals surface area (Å²) in [5.74, 6) is 0.938. The van der Waals surface area contributed by atoms with E-state index >= 15 is 0 Å². The molecular formula is C24H19N3O. The van der Waals surface area contributed by atoms with Gasteiger partial charge in [-0.05, 0) is 29.3 Å². The van der Waals surface area contributed by atoms with Gasteiger partial charge < -0.3 is 10.5 Å². The topological polar surface area (TPSA) is 71.9 Å². The van der Waals surface area contributed by atoms with E-state index in [4.69, 9.17) is 10.5 Å². The van der Waals surface area contributed by atoms with Gasteiger partial charge in [-0.3, -0.25) is 0 Å². The predicted octanol–water partition coefficient (Wildman–Crippen LogP) is 5.42. The number of nitrogens with two attached hydrogens (primary N) is 1. The van der Waals surface area contributed by atoms with E-state index in [1.165, 1.54) is 0 Å². The molecule has 0 bridgehead atoms. The zero-order valence-corrected chi connectivity index (χ0v) is 15.5. The quantitative estimate of drug-likeness (QED) is 0.524. The maximum atomic E-state index is 9.91. The zero-order valence-electron chi connectivity index (χ0n) is 15.5. The molecule has 0 atom stereocenters. The molecule has 0 radical (unpaired) electrons. The van der Waals surface area contributed by atoms with Crippen LogP contribution in [0, 0.1) is 11.3 Å². The first kappa shape index (κ1) is 17.6. The molecule has 2 N–H and O–H groups in total. The van der Waals surface area contributed by atoms with Crippen LogP contribution in [0.15, 0.2) is 72.9 Å². The summed E-state index contributed by atoms with van der Waals surface area (Å²) in [6.07, 6.45) is 1.73. The van der Waals surface area contributed by atoms with E-state index in [0.717, 1.165) is 38.8 Å². The van der Waals surface area contributed by atoms with Crippen molar-refractivity contribution in [3.63, 3.8) is 0 Å². The maximum absolute atomic E-state index is 9.91. The van der Waals surface area contributed by atoms with Gasteiger partial charge in [0.25, 0.3) is 0 Å². The van der Waals surface area contributed by atoms with Gasteiger partial charge >= 0.3 is 0 Å². The highest BCUT2D eigenvalue weighted by molar-refractivity contribution is 6.05. The highest BCUT2D eigenvalue weighted by Gasteiger charge is 2.21. The molecule has 136 valence electrons. The van der Waals surface area contributed by atoms with E-state index in [1.807, 2.05) is 73.7 Å². The lowest BCUT2D eigenvalue weighted by Crippen LogP contribution is -2.02. The smallest absolute Gasteiger partial charge is 0.141 e. The van der Waals surface area contributed by atoms with Crippen LogP contribution in [-0.4, -0.2) is 11.6 Å². The van der Waals surface area contributed by atoms with Gasteiger partial charge in [-0.25, -0.2) is 4.98 Å². The number of aromatic nitrogens is 1. The van der Waals surface area contributed by atoms with Gasteiger partial charge in [-0.15, -0.1) is 0 Å². The van der Waals surface area contributed by atoms with Crippen molar-refractivity contribution in [1.29, 1.82) is 5.26 Å². The van der Waals surface area contributed by atoms with Gasteiger partial charge in [-0.2, -0.15) is 5.26 Å². The number of nitriles is 1. The Morgan fingerprint density at radius 2 is 1.71 bits per heavy atom. The predicted molar refractivity (Wildman–Crippen MR) is 113 cm³/mol. The lowest BCUT2D eigenvalue weighted by Gasteiger charge is -2.18. The SMILES string of the molecule is CCOc1ccc2ccccc2c1-c1c(-c2ccccc2)cnc(N)c1C#N. The molecule has 3 aromatic carbocycles. The second kappa shape index (κ2) is 7.42. The molecule has 4 aromatic rings. The highest BCUT2D eigenvalue weighted by Crippen LogP contribution is 2.44. The highest BCUT2D eigenvalue weighted by atomic mass is 16.5. The second-order valence-electron chi connectivity index (χ2n) is 6.38. The Morgan fingerprint density at radius 3 is 2.46 bits per heavy atom. The van der Waals surface area contributed by atoms with Crippen LogP contribution in [0.3, 0.4) is 0 Å². The number of hydrogen-bond donors (Lipinski definition) is 1. The summed E-state index contributed by atoms with van der Waals surface area (Å²) in [7, 11) is 0. The Labute approximate surface area is 163 Å². The number of hydrogen-bond acceptors (Lipinski definition) is 4. The van der Waals surface area contributed by atoms with Crippen molar-refractivity contribution < 1.29 is 4.74 Å². The van der Waals surface area contributed by atoms with Crippen LogP contribution in [0.1, 0.15) is 12.5 Å². The molecule has 0 aliphatic heterocycles. The van der Waals surface area contributed by atoms with Crippen LogP contribution in [0.5, 0.6) is 5.75 Å². The van der Waals surface area contributed by atoms with Gasteiger partial charge in [0.2, 0.25) is 0 Å². The van der Waals surface area contributed by atoms with Crippen LogP contribution in [0.2, 0.25) is 0 Å². The van der Waals surface area contributed by atoms with Crippen LogP contribution in [0.4, 0.5) is 5.82 Å². The first-order valence-electron chi connectivity index (χ1n) is 9.13. The van der Waals surface area contributed by atoms with Crippen molar-refractivity contribution in [2.45, 2.75) is 6.92 Å². The molecule has 0 unspecified atom stereocenters. The summed E-state index contributed by atoms with van der Waals surface area (Å²) >= 11 is 0. The fourth-order valence-corrected chi connectivity index (χ4v) is 3.52. The summed E-state index contributed by atoms with van der Waals surface area (Å²) in [5, 5.41) is 12.0. The number of nitrogens with zero attached hydrogens (tertiary/aromatic N) is 2. The monoisotopic (exact) mass is 365 g/mol. The Balaban J connectivity index is 2.17. The zero-order chi connectivity index (χ0) is 19.5. The second-order valence-corrected chi connectivity index (χ2v) is 6.38. The third-order valence-corrected chi connectivity index (χ3v) is 4.75. The number of fused-ring (bicyclic) bond motifs is 1. The summed E-state index contributed by atoms with van der Waals surface area (Å²) in [4.78, 5) is 4.28. The first-order chi connectivity index (χ1) is 13.7. The molecule has 4 heteroatoms. The summed E-state index contributed by atoms with van der Waals surface area (Å²) < 4.78 is 5.96. The van der Waals surface area contributed by atoms with Crippen molar-refractivity contribution in [3.8, 4) is 34.1 Å². The van der Waals surface area contributed by atoms with Crippen LogP contribution >= 0.6 is 0 Å². The Morgan fingerprint density at radius 1 is 0.964 bits per heavy atom. The number of ether oxygens (including phenoxy) is 1. The lowest BCUT2D eigenvalue weighted by atomic mass is 9.89. The van der Waals surface area contributed by atoms with Crippen LogP contribution in [-0.2, 0) is 0 Å². The third-order valence-electron chi connectivity index (χ3n) is 4.75. The van der Waals surface area contributed by atoms with Crippen LogP contribution < -0.4 is 10.5 Å². The molecule has 28 heavy (non-hydrogen) atoms. The van der Waals surface area contributed by atoms with E-state index in [9.17, 15) is 5.26 Å². The van der Waals surface area contributed by atoms with Crippen molar-refractivity contribution >= 4 is 16.6 Å². The minimum Gasteiger partial charge on any atom is -0.493 e. The van der Waals surface area contributed by atoms with Gasteiger partial charge in [-0.1, -0.05) is 60.7 Å². The number of anilines is 1. The average molecular weight is 365 g/mol. The van der Waals surface area contributed by atoms with Gasteiger partial charge in [0.1, 0.15) is 23.2 Å². The molecule has 1 heterocycles. The molecule has 0 saturated carbocycles. The molecule has 0 spiro atoms. The number of benzene rings is 3. The largest absolute Gasteiger partial charge is 0.493 e. The molecule has 4 rings (SSSR count). The summed E-state index contributed by atoms with van der Waals surface area (Å²) in [5.41, 5.74) is 9.91. The Bertz CT molecular complexity index is 1190. The molecule has 1 aromatic heterocycles. The minimum absolute atomic E-state index is 0.215. The van der Waals surface area contributed by atoms with E-state index in [1.54, 1.807) is 6.20 Å². The van der Waals surface area contributed by atoms with E-state index in [2.05, 4.69) is 11.1 Å². The van der Waals surface area contributed by atoms with Gasteiger partial charge in [0, 0.05) is 22.9 Å². The van der Waals surface area contributed by atoms with Crippen molar-refractivity contribution in [2.75, 3.05) is 12.3 Å².